The van der Waals surface area contributed by atoms with Gasteiger partial charge in [-0.05, 0) is 32.8 Å². The highest BCUT2D eigenvalue weighted by Crippen LogP contribution is 2.22. The molecule has 0 unspecified atom stereocenters. The lowest BCUT2D eigenvalue weighted by Gasteiger charge is -2.27. The summed E-state index contributed by atoms with van der Waals surface area (Å²) < 4.78 is 0. The Morgan fingerprint density at radius 2 is 2.22 bits per heavy atom. The summed E-state index contributed by atoms with van der Waals surface area (Å²) in [5.74, 6) is 0.952. The highest BCUT2D eigenvalue weighted by atomic mass is 16.3. The van der Waals surface area contributed by atoms with Gasteiger partial charge in [-0.3, -0.25) is 0 Å². The molecule has 2 rings (SSSR count). The maximum atomic E-state index is 9.88. The zero-order chi connectivity index (χ0) is 13.2. The summed E-state index contributed by atoms with van der Waals surface area (Å²) in [5.41, 5.74) is 0.476. The molecule has 1 aliphatic rings. The van der Waals surface area contributed by atoms with Gasteiger partial charge in [0, 0.05) is 37.9 Å². The van der Waals surface area contributed by atoms with E-state index in [0.717, 1.165) is 12.4 Å². The van der Waals surface area contributed by atoms with E-state index in [4.69, 9.17) is 0 Å². The molecule has 100 valence electrons. The van der Waals surface area contributed by atoms with Gasteiger partial charge in [0.2, 0.25) is 0 Å². The van der Waals surface area contributed by atoms with Crippen LogP contribution < -0.4 is 10.2 Å². The minimum absolute atomic E-state index is 0.570. The summed E-state index contributed by atoms with van der Waals surface area (Å²) in [6, 6.07) is 4.75. The number of likely N-dealkylation sites (N-methyl/N-ethyl adjacent to an activating group) is 1. The van der Waals surface area contributed by atoms with Gasteiger partial charge in [0.15, 0.2) is 0 Å². The smallest absolute Gasteiger partial charge is 0.132 e. The normalized spacial score (nSPS) is 15.8. The minimum atomic E-state index is -0.715. The van der Waals surface area contributed by atoms with Crippen molar-refractivity contribution in [3.8, 4) is 0 Å². The molecular formula is C14H23N3O. The Morgan fingerprint density at radius 3 is 2.83 bits per heavy atom. The molecule has 1 aliphatic carbocycles. The van der Waals surface area contributed by atoms with E-state index in [2.05, 4.69) is 16.4 Å². The number of hydrogen-bond donors (Lipinski definition) is 2. The average molecular weight is 249 g/mol. The van der Waals surface area contributed by atoms with Crippen LogP contribution in [0.5, 0.6) is 0 Å². The average Bonchev–Trinajstić information content (AvgIpc) is 3.08. The Balaban J connectivity index is 2.05. The Labute approximate surface area is 109 Å². The lowest BCUT2D eigenvalue weighted by molar-refractivity contribution is 0.0884. The summed E-state index contributed by atoms with van der Waals surface area (Å²) in [6.45, 7) is 5.05. The third kappa shape index (κ3) is 3.96. The molecule has 1 saturated carbocycles. The van der Waals surface area contributed by atoms with Crippen molar-refractivity contribution >= 4 is 5.82 Å². The molecule has 4 heteroatoms. The quantitative estimate of drug-likeness (QED) is 0.803. The first-order valence-electron chi connectivity index (χ1n) is 6.56. The first kappa shape index (κ1) is 13.3. The molecule has 2 N–H and O–H groups in total. The Bertz CT molecular complexity index is 396. The number of aliphatic hydroxyl groups is 1. The van der Waals surface area contributed by atoms with Crippen LogP contribution in [0.3, 0.4) is 0 Å². The Morgan fingerprint density at radius 1 is 1.50 bits per heavy atom. The van der Waals surface area contributed by atoms with Gasteiger partial charge >= 0.3 is 0 Å². The molecule has 0 bridgehead atoms. The third-order valence-electron chi connectivity index (χ3n) is 3.01. The van der Waals surface area contributed by atoms with Crippen molar-refractivity contribution in [2.75, 3.05) is 18.5 Å². The van der Waals surface area contributed by atoms with Crippen molar-refractivity contribution in [3.05, 3.63) is 23.9 Å². The number of nitrogens with one attached hydrogen (secondary N) is 1. The van der Waals surface area contributed by atoms with Crippen LogP contribution in [0.1, 0.15) is 32.3 Å². The fourth-order valence-electron chi connectivity index (χ4n) is 2.11. The molecule has 0 atom stereocenters. The largest absolute Gasteiger partial charge is 0.389 e. The minimum Gasteiger partial charge on any atom is -0.389 e. The van der Waals surface area contributed by atoms with E-state index < -0.39 is 5.60 Å². The molecule has 1 aromatic rings. The number of pyridine rings is 1. The second kappa shape index (κ2) is 5.24. The summed E-state index contributed by atoms with van der Waals surface area (Å²) in [6.07, 6.45) is 4.38. The number of rotatable bonds is 6. The lowest BCUT2D eigenvalue weighted by Crippen LogP contribution is -2.37. The summed E-state index contributed by atoms with van der Waals surface area (Å²) >= 11 is 0. The van der Waals surface area contributed by atoms with E-state index >= 15 is 0 Å². The zero-order valence-corrected chi connectivity index (χ0v) is 11.5. The summed E-state index contributed by atoms with van der Waals surface area (Å²) in [4.78, 5) is 6.45. The lowest BCUT2D eigenvalue weighted by atomic mass is 10.1. The van der Waals surface area contributed by atoms with Crippen LogP contribution in [0.2, 0.25) is 0 Å². The van der Waals surface area contributed by atoms with Crippen molar-refractivity contribution in [1.82, 2.24) is 10.3 Å². The number of nitrogens with zero attached hydrogens (tertiary/aromatic N) is 2. The van der Waals surface area contributed by atoms with Gasteiger partial charge in [0.25, 0.3) is 0 Å². The topological polar surface area (TPSA) is 48.4 Å². The van der Waals surface area contributed by atoms with Gasteiger partial charge in [-0.25, -0.2) is 4.98 Å². The molecule has 18 heavy (non-hydrogen) atoms. The van der Waals surface area contributed by atoms with E-state index in [0.29, 0.717) is 12.6 Å². The van der Waals surface area contributed by atoms with Gasteiger partial charge in [0.1, 0.15) is 5.82 Å². The van der Waals surface area contributed by atoms with Crippen LogP contribution in [0.15, 0.2) is 18.3 Å². The van der Waals surface area contributed by atoms with E-state index in [1.54, 1.807) is 6.20 Å². The molecule has 0 spiro atoms. The maximum Gasteiger partial charge on any atom is 0.132 e. The zero-order valence-electron chi connectivity index (χ0n) is 11.5. The van der Waals surface area contributed by atoms with Crippen molar-refractivity contribution < 1.29 is 5.11 Å². The van der Waals surface area contributed by atoms with Crippen LogP contribution in [0.25, 0.3) is 0 Å². The summed E-state index contributed by atoms with van der Waals surface area (Å²) in [7, 11) is 1.97. The van der Waals surface area contributed by atoms with Gasteiger partial charge < -0.3 is 15.3 Å². The number of hydrogen-bond acceptors (Lipinski definition) is 4. The van der Waals surface area contributed by atoms with E-state index in [1.165, 1.54) is 18.4 Å². The predicted molar refractivity (Wildman–Crippen MR) is 73.7 cm³/mol. The molecule has 4 nitrogen and oxygen atoms in total. The fourth-order valence-corrected chi connectivity index (χ4v) is 2.11. The van der Waals surface area contributed by atoms with E-state index in [-0.39, 0.29) is 0 Å². The Kier molecular flexibility index (Phi) is 3.88. The van der Waals surface area contributed by atoms with Gasteiger partial charge in [-0.2, -0.15) is 0 Å². The second-order valence-electron chi connectivity index (χ2n) is 5.81. The van der Waals surface area contributed by atoms with Crippen LogP contribution in [0.4, 0.5) is 5.82 Å². The molecule has 1 heterocycles. The highest BCUT2D eigenvalue weighted by Gasteiger charge is 2.22. The van der Waals surface area contributed by atoms with Crippen molar-refractivity contribution in [3.63, 3.8) is 0 Å². The standard InChI is InChI=1S/C14H23N3O/c1-14(2,18)10-17(3)13-11(5-4-8-15-13)9-16-12-6-7-12/h4-5,8,12,16,18H,6-7,9-10H2,1-3H3. The van der Waals surface area contributed by atoms with Crippen molar-refractivity contribution in [2.45, 2.75) is 44.9 Å². The van der Waals surface area contributed by atoms with Crippen molar-refractivity contribution in [1.29, 1.82) is 0 Å². The fraction of sp³-hybridized carbons (Fsp3) is 0.643. The van der Waals surface area contributed by atoms with Gasteiger partial charge in [0.05, 0.1) is 5.60 Å². The van der Waals surface area contributed by atoms with Gasteiger partial charge in [-0.1, -0.05) is 6.07 Å². The second-order valence-corrected chi connectivity index (χ2v) is 5.81. The van der Waals surface area contributed by atoms with Crippen LogP contribution in [-0.2, 0) is 6.54 Å². The molecule has 0 radical (unpaired) electrons. The predicted octanol–water partition coefficient (Wildman–Crippen LogP) is 1.54. The monoisotopic (exact) mass is 249 g/mol. The molecule has 0 aliphatic heterocycles. The third-order valence-corrected chi connectivity index (χ3v) is 3.01. The highest BCUT2D eigenvalue weighted by molar-refractivity contribution is 5.46. The molecule has 0 aromatic carbocycles. The van der Waals surface area contributed by atoms with Crippen molar-refractivity contribution in [2.24, 2.45) is 0 Å². The first-order chi connectivity index (χ1) is 8.46. The Hall–Kier alpha value is -1.13. The number of anilines is 1. The van der Waals surface area contributed by atoms with E-state index in [9.17, 15) is 5.11 Å². The number of aromatic nitrogens is 1. The molecule has 0 saturated heterocycles. The molecule has 1 aromatic heterocycles. The first-order valence-corrected chi connectivity index (χ1v) is 6.56. The van der Waals surface area contributed by atoms with Gasteiger partial charge in [-0.15, -0.1) is 0 Å². The SMILES string of the molecule is CN(CC(C)(C)O)c1ncccc1CNC1CC1. The van der Waals surface area contributed by atoms with Crippen LogP contribution in [-0.4, -0.2) is 35.3 Å². The van der Waals surface area contributed by atoms with E-state index in [1.807, 2.05) is 31.9 Å². The van der Waals surface area contributed by atoms with Crippen LogP contribution >= 0.6 is 0 Å². The maximum absolute atomic E-state index is 9.88. The van der Waals surface area contributed by atoms with Crippen LogP contribution in [0, 0.1) is 0 Å². The molecule has 1 fully saturated rings. The molecule has 0 amide bonds. The molecular weight excluding hydrogens is 226 g/mol. The summed E-state index contributed by atoms with van der Waals surface area (Å²) in [5, 5.41) is 13.4.